The number of hydrogen-bond donors (Lipinski definition) is 2. The number of amides is 3. The minimum Gasteiger partial charge on any atom is -0.377 e. The van der Waals surface area contributed by atoms with E-state index >= 15 is 0 Å². The lowest BCUT2D eigenvalue weighted by Crippen LogP contribution is -2.41. The number of nitrogens with zero attached hydrogens (tertiary/aromatic N) is 1. The summed E-state index contributed by atoms with van der Waals surface area (Å²) in [6.07, 6.45) is 4.98. The van der Waals surface area contributed by atoms with Gasteiger partial charge in [0.25, 0.3) is 11.8 Å². The van der Waals surface area contributed by atoms with Gasteiger partial charge in [0.05, 0.1) is 12.1 Å². The molecule has 1 heterocycles. The van der Waals surface area contributed by atoms with Crippen LogP contribution in [0.15, 0.2) is 24.4 Å². The highest BCUT2D eigenvalue weighted by molar-refractivity contribution is 7.40. The van der Waals surface area contributed by atoms with E-state index in [2.05, 4.69) is 26.5 Å². The second-order valence-electron chi connectivity index (χ2n) is 6.05. The Labute approximate surface area is 180 Å². The molecule has 3 amide bonds. The lowest BCUT2D eigenvalue weighted by Gasteiger charge is -2.21. The first-order valence-corrected chi connectivity index (χ1v) is 10.9. The molecule has 1 aliphatic heterocycles. The zero-order valence-electron chi connectivity index (χ0n) is 18.7. The van der Waals surface area contributed by atoms with Crippen LogP contribution in [0.3, 0.4) is 0 Å². The predicted octanol–water partition coefficient (Wildman–Crippen LogP) is 3.41. The summed E-state index contributed by atoms with van der Waals surface area (Å²) in [6.45, 7) is 15.7. The Kier molecular flexibility index (Phi) is 17.0. The standard InChI is InChI=1S/C17H26N3O4P.2C2H6.2H2/c1-11(18-13(3)17(24)25)12(2)19-14(21)7-5-4-6-10-20-15(22)8-9-16(20)23;2*1-2;;/h8-9,12-13,18H,1,4-7,10,25H2,2-3H3,(H,19,21);2*1-2H3;2*1H/t12-,13-;;;;/m0..../s1. The van der Waals surface area contributed by atoms with Crippen LogP contribution < -0.4 is 10.6 Å². The zero-order chi connectivity index (χ0) is 23.0. The molecule has 0 bridgehead atoms. The summed E-state index contributed by atoms with van der Waals surface area (Å²) in [7, 11) is 2.11. The summed E-state index contributed by atoms with van der Waals surface area (Å²) in [5.41, 5.74) is 0.500. The third-order valence-electron chi connectivity index (χ3n) is 3.91. The van der Waals surface area contributed by atoms with Crippen molar-refractivity contribution >= 4 is 32.5 Å². The van der Waals surface area contributed by atoms with Gasteiger partial charge in [0.1, 0.15) is 0 Å². The number of rotatable bonds is 11. The van der Waals surface area contributed by atoms with Crippen molar-refractivity contribution < 1.29 is 22.0 Å². The number of nitrogens with one attached hydrogen (secondary N) is 2. The fourth-order valence-corrected chi connectivity index (χ4v) is 2.34. The molecule has 0 aromatic heterocycles. The van der Waals surface area contributed by atoms with E-state index in [1.54, 1.807) is 13.8 Å². The van der Waals surface area contributed by atoms with Crippen LogP contribution in [-0.2, 0) is 19.2 Å². The Bertz CT molecular complexity index is 583. The van der Waals surface area contributed by atoms with Crippen molar-refractivity contribution in [2.45, 2.75) is 79.3 Å². The molecule has 0 saturated carbocycles. The molecule has 0 saturated heterocycles. The fourth-order valence-electron chi connectivity index (χ4n) is 2.26. The number of carbonyl (C=O) groups is 4. The Morgan fingerprint density at radius 2 is 1.52 bits per heavy atom. The van der Waals surface area contributed by atoms with Gasteiger partial charge in [0, 0.05) is 33.7 Å². The maximum absolute atomic E-state index is 11.9. The highest BCUT2D eigenvalue weighted by Gasteiger charge is 2.22. The molecule has 0 fully saturated rings. The van der Waals surface area contributed by atoms with Crippen LogP contribution in [0.25, 0.3) is 0 Å². The average Bonchev–Trinajstić information content (AvgIpc) is 3.02. The molecule has 2 N–H and O–H groups in total. The molecule has 29 heavy (non-hydrogen) atoms. The molecule has 1 rings (SSSR count). The molecular weight excluding hydrogens is 389 g/mol. The van der Waals surface area contributed by atoms with Gasteiger partial charge < -0.3 is 10.6 Å². The van der Waals surface area contributed by atoms with E-state index in [9.17, 15) is 19.2 Å². The van der Waals surface area contributed by atoms with Crippen molar-refractivity contribution in [3.8, 4) is 0 Å². The van der Waals surface area contributed by atoms with Crippen LogP contribution in [0.4, 0.5) is 0 Å². The minimum absolute atomic E-state index is 0. The molecule has 0 aromatic rings. The fraction of sp³-hybridized carbons (Fsp3) is 0.619. The smallest absolute Gasteiger partial charge is 0.253 e. The number of carbonyl (C=O) groups excluding carboxylic acids is 4. The molecule has 1 aliphatic rings. The van der Waals surface area contributed by atoms with E-state index < -0.39 is 0 Å². The van der Waals surface area contributed by atoms with Gasteiger partial charge in [-0.1, -0.05) is 49.9 Å². The number of imide groups is 1. The summed E-state index contributed by atoms with van der Waals surface area (Å²) in [5, 5.41) is 5.77. The van der Waals surface area contributed by atoms with Crippen molar-refractivity contribution in [3.63, 3.8) is 0 Å². The molecule has 3 atom stereocenters. The van der Waals surface area contributed by atoms with Crippen molar-refractivity contribution in [3.05, 3.63) is 24.4 Å². The van der Waals surface area contributed by atoms with Gasteiger partial charge in [-0.25, -0.2) is 0 Å². The van der Waals surface area contributed by atoms with E-state index in [4.69, 9.17) is 0 Å². The largest absolute Gasteiger partial charge is 0.377 e. The van der Waals surface area contributed by atoms with Crippen molar-refractivity contribution in [2.75, 3.05) is 6.54 Å². The molecule has 0 aromatic carbocycles. The van der Waals surface area contributed by atoms with Gasteiger partial charge in [-0.15, -0.1) is 0 Å². The van der Waals surface area contributed by atoms with Gasteiger partial charge in [-0.05, 0) is 26.7 Å². The van der Waals surface area contributed by atoms with Crippen LogP contribution in [0.5, 0.6) is 0 Å². The van der Waals surface area contributed by atoms with Gasteiger partial charge in [0.2, 0.25) is 5.91 Å². The molecule has 0 radical (unpaired) electrons. The summed E-state index contributed by atoms with van der Waals surface area (Å²) >= 11 is 0. The lowest BCUT2D eigenvalue weighted by molar-refractivity contribution is -0.137. The third kappa shape index (κ3) is 12.2. The van der Waals surface area contributed by atoms with Crippen molar-refractivity contribution in [1.82, 2.24) is 15.5 Å². The van der Waals surface area contributed by atoms with Crippen LogP contribution in [0.1, 0.15) is 70.1 Å². The van der Waals surface area contributed by atoms with Gasteiger partial charge >= 0.3 is 0 Å². The predicted molar refractivity (Wildman–Crippen MR) is 125 cm³/mol. The molecule has 1 unspecified atom stereocenters. The molecule has 0 spiro atoms. The quantitative estimate of drug-likeness (QED) is 0.297. The number of hydrogen-bond acceptors (Lipinski definition) is 5. The third-order valence-corrected chi connectivity index (χ3v) is 4.41. The highest BCUT2D eigenvalue weighted by Crippen LogP contribution is 2.08. The normalized spacial score (nSPS) is 14.1. The van der Waals surface area contributed by atoms with E-state index in [0.29, 0.717) is 31.5 Å². The minimum atomic E-state index is -0.373. The van der Waals surface area contributed by atoms with E-state index in [0.717, 1.165) is 6.42 Å². The first-order chi connectivity index (χ1) is 13.7. The van der Waals surface area contributed by atoms with E-state index in [1.807, 2.05) is 27.7 Å². The zero-order valence-corrected chi connectivity index (χ0v) is 19.9. The average molecular weight is 432 g/mol. The number of unbranched alkanes of at least 4 members (excludes halogenated alkanes) is 2. The second-order valence-corrected chi connectivity index (χ2v) is 6.62. The molecule has 0 aliphatic carbocycles. The topological polar surface area (TPSA) is 95.6 Å². The van der Waals surface area contributed by atoms with Crippen LogP contribution in [-0.4, -0.2) is 46.8 Å². The Morgan fingerprint density at radius 1 is 1.00 bits per heavy atom. The Balaban J connectivity index is -0.000000572. The Hall–Kier alpha value is -2.01. The molecule has 7 nitrogen and oxygen atoms in total. The molecule has 8 heteroatoms. The second kappa shape index (κ2) is 16.9. The maximum atomic E-state index is 11.9. The summed E-state index contributed by atoms with van der Waals surface area (Å²) < 4.78 is 0. The van der Waals surface area contributed by atoms with Gasteiger partial charge in [0.15, 0.2) is 5.52 Å². The maximum Gasteiger partial charge on any atom is 0.253 e. The van der Waals surface area contributed by atoms with Crippen molar-refractivity contribution in [1.29, 1.82) is 0 Å². The van der Waals surface area contributed by atoms with Crippen LogP contribution in [0.2, 0.25) is 0 Å². The summed E-state index contributed by atoms with van der Waals surface area (Å²) in [5.74, 6) is -0.656. The molecule has 170 valence electrons. The van der Waals surface area contributed by atoms with E-state index in [1.165, 1.54) is 17.1 Å². The first kappa shape index (κ1) is 29.2. The SMILES string of the molecule is C=C(N[C@@H](C)C(=O)P)[C@H](C)NC(=O)CCCCCN1C(=O)C=CC1=O.CC.CC.[HH].[HH]. The van der Waals surface area contributed by atoms with Crippen LogP contribution in [0, 0.1) is 0 Å². The first-order valence-electron chi connectivity index (χ1n) is 10.3. The van der Waals surface area contributed by atoms with Crippen LogP contribution >= 0.6 is 9.24 Å². The Morgan fingerprint density at radius 3 is 2.00 bits per heavy atom. The summed E-state index contributed by atoms with van der Waals surface area (Å²) in [4.78, 5) is 47.1. The lowest BCUT2D eigenvalue weighted by atomic mass is 10.1. The summed E-state index contributed by atoms with van der Waals surface area (Å²) in [6, 6.07) is -0.660. The molecular formula is C21H42N3O4P. The van der Waals surface area contributed by atoms with E-state index in [-0.39, 0.29) is 38.2 Å². The van der Waals surface area contributed by atoms with Gasteiger partial charge in [-0.3, -0.25) is 24.1 Å². The van der Waals surface area contributed by atoms with Crippen molar-refractivity contribution in [2.24, 2.45) is 0 Å². The van der Waals surface area contributed by atoms with Gasteiger partial charge in [-0.2, -0.15) is 0 Å². The monoisotopic (exact) mass is 431 g/mol. The highest BCUT2D eigenvalue weighted by atomic mass is 31.0.